The molecule has 312 valence electrons. The number of nitrogens with two attached hydrogens (primary N) is 1. The topological polar surface area (TPSA) is 229 Å². The first-order chi connectivity index (χ1) is 26.1. The highest BCUT2D eigenvalue weighted by molar-refractivity contribution is 7.99. The zero-order valence-corrected chi connectivity index (χ0v) is 33.5. The molecule has 1 aliphatic heterocycles. The fourth-order valence-corrected chi connectivity index (χ4v) is 7.13. The summed E-state index contributed by atoms with van der Waals surface area (Å²) in [4.78, 5) is 38.1. The molecule has 7 N–H and O–H groups in total. The molecule has 0 aromatic carbocycles. The van der Waals surface area contributed by atoms with Gasteiger partial charge in [-0.3, -0.25) is 14.4 Å². The molecular weight excluding hydrogens is 719 g/mol. The van der Waals surface area contributed by atoms with E-state index in [9.17, 15) is 34.8 Å². The summed E-state index contributed by atoms with van der Waals surface area (Å²) in [6, 6.07) is -0.986. The van der Waals surface area contributed by atoms with Crippen LogP contribution in [0.15, 0.2) is 6.20 Å². The Morgan fingerprint density at radius 1 is 0.815 bits per heavy atom. The van der Waals surface area contributed by atoms with Gasteiger partial charge < -0.3 is 45.7 Å². The number of nitrogens with one attached hydrogen (secondary N) is 1. The molecule has 16 heteroatoms. The summed E-state index contributed by atoms with van der Waals surface area (Å²) < 4.78 is 17.8. The van der Waals surface area contributed by atoms with Gasteiger partial charge in [0.15, 0.2) is 12.0 Å². The van der Waals surface area contributed by atoms with Crippen molar-refractivity contribution in [3.63, 3.8) is 0 Å². The smallest absolute Gasteiger partial charge is 0.306 e. The highest BCUT2D eigenvalue weighted by Gasteiger charge is 2.44. The van der Waals surface area contributed by atoms with Gasteiger partial charge in [-0.15, -0.1) is 5.10 Å². The fraction of sp³-hybridized carbons (Fsp3) is 0.868. The molecule has 0 spiro atoms. The third-order valence-electron chi connectivity index (χ3n) is 9.52. The molecule has 4 unspecified atom stereocenters. The first-order valence-corrected chi connectivity index (χ1v) is 21.5. The molecule has 0 bridgehead atoms. The molecular formula is C38H69N5O10S. The zero-order valence-electron chi connectivity index (χ0n) is 32.7. The molecule has 1 amide bonds. The molecule has 1 aliphatic rings. The summed E-state index contributed by atoms with van der Waals surface area (Å²) >= 11 is 1.29. The number of aliphatic hydroxyl groups is 4. The van der Waals surface area contributed by atoms with Crippen LogP contribution >= 0.6 is 11.8 Å². The lowest BCUT2D eigenvalue weighted by Gasteiger charge is -2.39. The van der Waals surface area contributed by atoms with Crippen molar-refractivity contribution in [1.29, 1.82) is 0 Å². The largest absolute Gasteiger partial charge is 0.462 e. The van der Waals surface area contributed by atoms with Gasteiger partial charge in [0.05, 0.1) is 18.8 Å². The Morgan fingerprint density at radius 3 is 1.91 bits per heavy atom. The molecule has 1 saturated heterocycles. The molecule has 0 saturated carbocycles. The highest BCUT2D eigenvalue weighted by Crippen LogP contribution is 2.28. The number of thioether (sulfide) groups is 1. The molecule has 1 aromatic heterocycles. The predicted octanol–water partition coefficient (Wildman–Crippen LogP) is 4.55. The van der Waals surface area contributed by atoms with E-state index in [0.717, 1.165) is 49.6 Å². The number of carbonyl (C=O) groups is 3. The third kappa shape index (κ3) is 19.5. The van der Waals surface area contributed by atoms with Gasteiger partial charge in [-0.25, -0.2) is 4.68 Å². The maximum absolute atomic E-state index is 12.8. The Morgan fingerprint density at radius 2 is 1.35 bits per heavy atom. The van der Waals surface area contributed by atoms with Crippen molar-refractivity contribution < 1.29 is 49.0 Å². The Hall–Kier alpha value is -2.34. The van der Waals surface area contributed by atoms with E-state index in [2.05, 4.69) is 29.5 Å². The van der Waals surface area contributed by atoms with Crippen LogP contribution in [0.5, 0.6) is 0 Å². The van der Waals surface area contributed by atoms with E-state index in [4.69, 9.17) is 19.9 Å². The number of rotatable bonds is 31. The second-order valence-corrected chi connectivity index (χ2v) is 15.5. The zero-order chi connectivity index (χ0) is 39.6. The fourth-order valence-electron chi connectivity index (χ4n) is 6.16. The number of hydrogen-bond acceptors (Lipinski definition) is 14. The summed E-state index contributed by atoms with van der Waals surface area (Å²) in [5, 5.41) is 50.1. The van der Waals surface area contributed by atoms with Crippen molar-refractivity contribution in [2.24, 2.45) is 5.73 Å². The summed E-state index contributed by atoms with van der Waals surface area (Å²) in [5.41, 5.74) is 6.14. The molecule has 1 fully saturated rings. The molecule has 2 rings (SSSR count). The Bertz CT molecular complexity index is 1160. The SMILES string of the molecule is CCCCCCCCCCCC(=O)OC[C@H](CSC[C@@H](N)C(=O)Nc1cn([C@@H]2OC(CO)C(O)C(O)C2O)nn1)OC(=O)CCCCCCCCCCC. The monoisotopic (exact) mass is 787 g/mol. The van der Waals surface area contributed by atoms with Crippen molar-refractivity contribution in [2.75, 3.05) is 30.0 Å². The quantitative estimate of drug-likeness (QED) is 0.0449. The summed E-state index contributed by atoms with van der Waals surface area (Å²) in [6.45, 7) is 3.74. The second-order valence-electron chi connectivity index (χ2n) is 14.4. The lowest BCUT2D eigenvalue weighted by atomic mass is 9.98. The minimum absolute atomic E-state index is 0.000374. The Kier molecular flexibility index (Phi) is 25.7. The number of aromatic nitrogens is 3. The molecule has 7 atom stereocenters. The van der Waals surface area contributed by atoms with E-state index >= 15 is 0 Å². The Balaban J connectivity index is 1.81. The van der Waals surface area contributed by atoms with Gasteiger partial charge in [-0.1, -0.05) is 122 Å². The van der Waals surface area contributed by atoms with Crippen molar-refractivity contribution in [2.45, 2.75) is 185 Å². The lowest BCUT2D eigenvalue weighted by Crippen LogP contribution is -2.56. The number of unbranched alkanes of at least 4 members (excludes halogenated alkanes) is 16. The van der Waals surface area contributed by atoms with E-state index < -0.39 is 55.3 Å². The number of carbonyl (C=O) groups excluding carboxylic acids is 3. The third-order valence-corrected chi connectivity index (χ3v) is 10.7. The van der Waals surface area contributed by atoms with Gasteiger partial charge >= 0.3 is 11.9 Å². The average Bonchev–Trinajstić information content (AvgIpc) is 3.62. The maximum Gasteiger partial charge on any atom is 0.306 e. The molecule has 2 heterocycles. The van der Waals surface area contributed by atoms with E-state index in [-0.39, 0.29) is 42.3 Å². The van der Waals surface area contributed by atoms with Crippen molar-refractivity contribution in [3.8, 4) is 0 Å². The van der Waals surface area contributed by atoms with Crippen LogP contribution in [0.1, 0.15) is 148 Å². The van der Waals surface area contributed by atoms with Gasteiger partial charge in [-0.2, -0.15) is 11.8 Å². The number of amides is 1. The van der Waals surface area contributed by atoms with Crippen LogP contribution in [-0.2, 0) is 28.6 Å². The van der Waals surface area contributed by atoms with Crippen molar-refractivity contribution in [3.05, 3.63) is 6.20 Å². The van der Waals surface area contributed by atoms with Gasteiger partial charge in [0.1, 0.15) is 37.1 Å². The molecule has 1 aromatic rings. The standard InChI is InChI=1S/C38H69N5O10S/c1-3-5-7-9-11-13-15-17-19-21-32(45)51-25-28(52-33(46)22-20-18-16-14-12-10-8-6-4-2)26-54-27-29(39)37(50)40-31-23-43(42-41-31)38-36(49)35(48)34(47)30(24-44)53-38/h23,28-30,34-36,38,44,47-49H,3-22,24-27,39H2,1-2H3,(H,40,50)/t28-,29-,30?,34?,35?,36?,38-/m1/s1. The average molecular weight is 788 g/mol. The number of aliphatic hydroxyl groups excluding tert-OH is 4. The number of esters is 2. The van der Waals surface area contributed by atoms with Crippen molar-refractivity contribution >= 4 is 35.4 Å². The van der Waals surface area contributed by atoms with Crippen LogP contribution in [0, 0.1) is 0 Å². The van der Waals surface area contributed by atoms with Crippen LogP contribution in [-0.4, -0.2) is 115 Å². The lowest BCUT2D eigenvalue weighted by molar-refractivity contribution is -0.254. The van der Waals surface area contributed by atoms with E-state index in [0.29, 0.717) is 6.42 Å². The predicted molar refractivity (Wildman–Crippen MR) is 207 cm³/mol. The molecule has 0 radical (unpaired) electrons. The van der Waals surface area contributed by atoms with Crippen molar-refractivity contribution in [1.82, 2.24) is 15.0 Å². The van der Waals surface area contributed by atoms with E-state index in [1.807, 2.05) is 0 Å². The first kappa shape index (κ1) is 47.8. The molecule has 54 heavy (non-hydrogen) atoms. The van der Waals surface area contributed by atoms with Gasteiger partial charge in [-0.05, 0) is 12.8 Å². The van der Waals surface area contributed by atoms with Crippen LogP contribution in [0.2, 0.25) is 0 Å². The maximum atomic E-state index is 12.8. The minimum Gasteiger partial charge on any atom is -0.462 e. The highest BCUT2D eigenvalue weighted by atomic mass is 32.2. The van der Waals surface area contributed by atoms with Gasteiger partial charge in [0.2, 0.25) is 5.91 Å². The molecule has 0 aliphatic carbocycles. The second kappa shape index (κ2) is 29.0. The summed E-state index contributed by atoms with van der Waals surface area (Å²) in [6.07, 6.45) is 14.5. The van der Waals surface area contributed by atoms with Crippen LogP contribution in [0.4, 0.5) is 5.82 Å². The number of hydrogen-bond donors (Lipinski definition) is 6. The normalized spacial score (nSPS) is 21.1. The summed E-state index contributed by atoms with van der Waals surface area (Å²) in [7, 11) is 0. The van der Waals surface area contributed by atoms with E-state index in [1.165, 1.54) is 88.6 Å². The van der Waals surface area contributed by atoms with Crippen LogP contribution < -0.4 is 11.1 Å². The molecule has 15 nitrogen and oxygen atoms in total. The number of nitrogens with zero attached hydrogens (tertiary/aromatic N) is 3. The Labute approximate surface area is 325 Å². The summed E-state index contributed by atoms with van der Waals surface area (Å²) in [5.74, 6) is -0.817. The number of ether oxygens (including phenoxy) is 3. The first-order valence-electron chi connectivity index (χ1n) is 20.3. The number of anilines is 1. The minimum atomic E-state index is -1.60. The van der Waals surface area contributed by atoms with E-state index in [1.54, 1.807) is 0 Å². The van der Waals surface area contributed by atoms with Gasteiger partial charge in [0, 0.05) is 24.3 Å². The van der Waals surface area contributed by atoms with Crippen LogP contribution in [0.3, 0.4) is 0 Å². The van der Waals surface area contributed by atoms with Gasteiger partial charge in [0.25, 0.3) is 0 Å². The van der Waals surface area contributed by atoms with Crippen LogP contribution in [0.25, 0.3) is 0 Å².